The lowest BCUT2D eigenvalue weighted by Gasteiger charge is -2.33. The zero-order valence-electron chi connectivity index (χ0n) is 12.5. The van der Waals surface area contributed by atoms with Crippen LogP contribution in [0.25, 0.3) is 0 Å². The molecule has 1 aliphatic heterocycles. The van der Waals surface area contributed by atoms with Gasteiger partial charge in [0, 0.05) is 38.1 Å². The summed E-state index contributed by atoms with van der Waals surface area (Å²) in [4.78, 5) is 2.08. The van der Waals surface area contributed by atoms with E-state index >= 15 is 0 Å². The van der Waals surface area contributed by atoms with Gasteiger partial charge in [-0.1, -0.05) is 30.8 Å². The molecule has 0 spiro atoms. The predicted octanol–water partition coefficient (Wildman–Crippen LogP) is 3.24. The third-order valence-corrected chi connectivity index (χ3v) is 5.83. The van der Waals surface area contributed by atoms with E-state index in [1.54, 1.807) is 12.1 Å². The SMILES string of the molecule is C=CS(=O)(=O)N1CCN(Cc2ccc(CS(F)(F)F)cc2)CC1. The number of halogens is 3. The summed E-state index contributed by atoms with van der Waals surface area (Å²) in [6.45, 7) is 5.86. The number of hydrogen-bond acceptors (Lipinski definition) is 3. The number of benzene rings is 1. The zero-order chi connectivity index (χ0) is 17.1. The van der Waals surface area contributed by atoms with Crippen LogP contribution in [0.2, 0.25) is 0 Å². The molecule has 1 fully saturated rings. The predicted molar refractivity (Wildman–Crippen MR) is 87.0 cm³/mol. The van der Waals surface area contributed by atoms with Gasteiger partial charge in [0.15, 0.2) is 0 Å². The Bertz CT molecular complexity index is 637. The van der Waals surface area contributed by atoms with E-state index in [-0.39, 0.29) is 5.56 Å². The van der Waals surface area contributed by atoms with Gasteiger partial charge in [0.1, 0.15) is 0 Å². The molecule has 0 unspecified atom stereocenters. The third kappa shape index (κ3) is 5.52. The maximum Gasteiger partial charge on any atom is 0.235 e. The second-order valence-electron chi connectivity index (χ2n) is 5.35. The molecule has 1 aliphatic rings. The van der Waals surface area contributed by atoms with Gasteiger partial charge in [0.2, 0.25) is 21.2 Å². The van der Waals surface area contributed by atoms with Gasteiger partial charge in [-0.15, -0.1) is 11.7 Å². The van der Waals surface area contributed by atoms with Crippen molar-refractivity contribution >= 4 is 21.2 Å². The van der Waals surface area contributed by atoms with Gasteiger partial charge in [0.25, 0.3) is 0 Å². The van der Waals surface area contributed by atoms with Gasteiger partial charge < -0.3 is 0 Å². The van der Waals surface area contributed by atoms with Crippen LogP contribution in [0.5, 0.6) is 0 Å². The normalized spacial score (nSPS) is 18.7. The second kappa shape index (κ2) is 7.25. The Morgan fingerprint density at radius 1 is 1.00 bits per heavy atom. The molecule has 0 bridgehead atoms. The molecule has 4 nitrogen and oxygen atoms in total. The van der Waals surface area contributed by atoms with E-state index in [0.29, 0.717) is 32.7 Å². The molecule has 1 aromatic rings. The van der Waals surface area contributed by atoms with Crippen molar-refractivity contribution in [3.05, 3.63) is 47.4 Å². The van der Waals surface area contributed by atoms with Crippen molar-refractivity contribution in [2.45, 2.75) is 12.3 Å². The number of piperazine rings is 1. The van der Waals surface area contributed by atoms with Gasteiger partial charge in [-0.3, -0.25) is 4.90 Å². The van der Waals surface area contributed by atoms with Gasteiger partial charge in [-0.25, -0.2) is 8.42 Å². The molecule has 0 radical (unpaired) electrons. The Hall–Kier alpha value is -1.03. The van der Waals surface area contributed by atoms with Crippen LogP contribution in [0.15, 0.2) is 36.3 Å². The zero-order valence-corrected chi connectivity index (χ0v) is 14.1. The van der Waals surface area contributed by atoms with Crippen LogP contribution in [0.3, 0.4) is 0 Å². The molecule has 0 amide bonds. The average molecular weight is 368 g/mol. The molecule has 1 heterocycles. The van der Waals surface area contributed by atoms with Crippen LogP contribution < -0.4 is 0 Å². The van der Waals surface area contributed by atoms with E-state index in [1.807, 2.05) is 0 Å². The topological polar surface area (TPSA) is 40.6 Å². The Labute approximate surface area is 136 Å². The molecule has 1 aromatic carbocycles. The van der Waals surface area contributed by atoms with Crippen LogP contribution in [0, 0.1) is 0 Å². The molecule has 1 saturated heterocycles. The molecular formula is C14H19F3N2O2S2. The quantitative estimate of drug-likeness (QED) is 0.774. The summed E-state index contributed by atoms with van der Waals surface area (Å²) >= 11 is -5.02. The Kier molecular flexibility index (Phi) is 5.77. The van der Waals surface area contributed by atoms with E-state index in [2.05, 4.69) is 11.5 Å². The Morgan fingerprint density at radius 3 is 2.00 bits per heavy atom. The molecular weight excluding hydrogens is 349 g/mol. The lowest BCUT2D eigenvalue weighted by molar-refractivity contribution is 0.182. The van der Waals surface area contributed by atoms with Gasteiger partial charge in [-0.2, -0.15) is 4.31 Å². The average Bonchev–Trinajstić information content (AvgIpc) is 2.48. The van der Waals surface area contributed by atoms with Crippen molar-refractivity contribution in [2.75, 3.05) is 26.2 Å². The van der Waals surface area contributed by atoms with Gasteiger partial charge in [0.05, 0.1) is 5.75 Å². The van der Waals surface area contributed by atoms with Crippen molar-refractivity contribution in [1.29, 1.82) is 0 Å². The number of rotatable bonds is 6. The molecule has 130 valence electrons. The highest BCUT2D eigenvalue weighted by atomic mass is 32.3. The molecule has 0 N–H and O–H groups in total. The maximum absolute atomic E-state index is 12.4. The van der Waals surface area contributed by atoms with Crippen molar-refractivity contribution in [3.8, 4) is 0 Å². The maximum atomic E-state index is 12.4. The largest absolute Gasteiger partial charge is 0.296 e. The van der Waals surface area contributed by atoms with E-state index in [1.165, 1.54) is 16.4 Å². The minimum absolute atomic E-state index is 0.276. The monoisotopic (exact) mass is 368 g/mol. The summed E-state index contributed by atoms with van der Waals surface area (Å²) in [5.74, 6) is -0.842. The Balaban J connectivity index is 1.88. The van der Waals surface area contributed by atoms with Crippen molar-refractivity contribution in [1.82, 2.24) is 9.21 Å². The second-order valence-corrected chi connectivity index (χ2v) is 8.52. The van der Waals surface area contributed by atoms with E-state index in [4.69, 9.17) is 0 Å². The summed E-state index contributed by atoms with van der Waals surface area (Å²) < 4.78 is 61.9. The summed E-state index contributed by atoms with van der Waals surface area (Å²) in [6, 6.07) is 6.42. The highest BCUT2D eigenvalue weighted by molar-refractivity contribution is 8.20. The lowest BCUT2D eigenvalue weighted by atomic mass is 10.1. The summed E-state index contributed by atoms with van der Waals surface area (Å²) in [6.07, 6.45) is 0. The van der Waals surface area contributed by atoms with E-state index < -0.39 is 27.0 Å². The summed E-state index contributed by atoms with van der Waals surface area (Å²) in [7, 11) is -3.37. The first-order valence-corrected chi connectivity index (χ1v) is 10.0. The molecule has 0 atom stereocenters. The molecule has 23 heavy (non-hydrogen) atoms. The first-order valence-electron chi connectivity index (χ1n) is 7.02. The first kappa shape index (κ1) is 18.3. The number of hydrogen-bond donors (Lipinski definition) is 0. The number of nitrogens with zero attached hydrogens (tertiary/aromatic N) is 2. The van der Waals surface area contributed by atoms with Gasteiger partial charge >= 0.3 is 0 Å². The Morgan fingerprint density at radius 2 is 1.52 bits per heavy atom. The van der Waals surface area contributed by atoms with E-state index in [9.17, 15) is 20.1 Å². The first-order chi connectivity index (χ1) is 10.7. The summed E-state index contributed by atoms with van der Waals surface area (Å²) in [5, 5.41) is 0.948. The van der Waals surface area contributed by atoms with Crippen molar-refractivity contribution < 1.29 is 20.1 Å². The molecule has 0 saturated carbocycles. The fourth-order valence-electron chi connectivity index (χ4n) is 2.44. The third-order valence-electron chi connectivity index (χ3n) is 3.66. The number of sulfonamides is 1. The molecule has 0 aromatic heterocycles. The highest BCUT2D eigenvalue weighted by Crippen LogP contribution is 2.55. The molecule has 9 heteroatoms. The standard InChI is InChI=1S/C14H19F3N2O2S2/c1-2-23(20,21)19-9-7-18(8-10-19)11-13-3-5-14(6-4-13)12-22(15,16)17/h2-6H,1,7-12H2. The summed E-state index contributed by atoms with van der Waals surface area (Å²) in [5.41, 5.74) is 1.20. The van der Waals surface area contributed by atoms with Crippen LogP contribution in [-0.2, 0) is 22.3 Å². The molecule has 2 rings (SSSR count). The fourth-order valence-corrected chi connectivity index (χ4v) is 3.89. The lowest BCUT2D eigenvalue weighted by Crippen LogP contribution is -2.47. The minimum atomic E-state index is -5.02. The van der Waals surface area contributed by atoms with Crippen LogP contribution in [0.4, 0.5) is 11.7 Å². The van der Waals surface area contributed by atoms with Crippen molar-refractivity contribution in [2.24, 2.45) is 0 Å². The fraction of sp³-hybridized carbons (Fsp3) is 0.429. The van der Waals surface area contributed by atoms with Crippen LogP contribution >= 0.6 is 11.2 Å². The minimum Gasteiger partial charge on any atom is -0.296 e. The van der Waals surface area contributed by atoms with Crippen LogP contribution in [-0.4, -0.2) is 43.8 Å². The molecule has 0 aliphatic carbocycles. The smallest absolute Gasteiger partial charge is 0.235 e. The van der Waals surface area contributed by atoms with Crippen LogP contribution in [0.1, 0.15) is 11.1 Å². The van der Waals surface area contributed by atoms with Gasteiger partial charge in [-0.05, 0) is 11.1 Å². The van der Waals surface area contributed by atoms with Crippen molar-refractivity contribution in [3.63, 3.8) is 0 Å². The van der Waals surface area contributed by atoms with E-state index in [0.717, 1.165) is 11.0 Å². The highest BCUT2D eigenvalue weighted by Gasteiger charge is 2.24.